The number of nitro groups is 1. The van der Waals surface area contributed by atoms with Gasteiger partial charge in [-0.2, -0.15) is 0 Å². The van der Waals surface area contributed by atoms with Gasteiger partial charge in [0.15, 0.2) is 0 Å². The average Bonchev–Trinajstić information content (AvgIpc) is 3.35. The van der Waals surface area contributed by atoms with Crippen molar-refractivity contribution in [2.24, 2.45) is 22.9 Å². The van der Waals surface area contributed by atoms with Gasteiger partial charge in [0.2, 0.25) is 5.79 Å². The smallest absolute Gasteiger partial charge is 0.269 e. The van der Waals surface area contributed by atoms with E-state index in [4.69, 9.17) is 24.2 Å². The lowest BCUT2D eigenvalue weighted by Crippen LogP contribution is -2.70. The number of carbonyl (C=O) groups is 1. The Bertz CT molecular complexity index is 2630. The molecule has 1 fully saturated rings. The van der Waals surface area contributed by atoms with Crippen molar-refractivity contribution < 1.29 is 39.0 Å². The number of non-ortho nitro benzene ring substituents is 1. The number of hydrogen-bond acceptors (Lipinski definition) is 11. The number of aliphatic hydroxyl groups excluding tert-OH is 2. The van der Waals surface area contributed by atoms with Gasteiger partial charge in [-0.05, 0) is 127 Å². The van der Waals surface area contributed by atoms with Gasteiger partial charge in [-0.3, -0.25) is 19.9 Å². The number of nitrogens with zero attached hydrogens (tertiary/aromatic N) is 4. The second kappa shape index (κ2) is 22.1. The number of aryl methyl sites for hydroxylation is 1. The number of unbranched alkanes of at least 4 members (excludes halogenated alkanes) is 2. The van der Waals surface area contributed by atoms with Gasteiger partial charge in [-0.1, -0.05) is 73.5 Å². The van der Waals surface area contributed by atoms with E-state index in [2.05, 4.69) is 30.6 Å². The first-order valence-electron chi connectivity index (χ1n) is 24.0. The first-order chi connectivity index (χ1) is 33.2. The molecule has 13 heteroatoms. The van der Waals surface area contributed by atoms with Crippen molar-refractivity contribution in [3.05, 3.63) is 166 Å². The molecule has 2 heterocycles. The first kappa shape index (κ1) is 48.1. The van der Waals surface area contributed by atoms with Crippen LogP contribution in [-0.2, 0) is 22.8 Å². The number of allylic oxidation sites excluding steroid dienone is 1. The molecule has 68 heavy (non-hydrogen) atoms. The van der Waals surface area contributed by atoms with Gasteiger partial charge in [-0.15, -0.1) is 6.58 Å². The van der Waals surface area contributed by atoms with Gasteiger partial charge in [0.25, 0.3) is 11.6 Å². The molecule has 0 saturated heterocycles. The number of nitro benzene ring substituents is 1. The fraction of sp³-hybridized carbons (Fsp3) is 0.400. The summed E-state index contributed by atoms with van der Waals surface area (Å²) in [5.41, 5.74) is 5.44. The molecule has 356 valence electrons. The van der Waals surface area contributed by atoms with Crippen LogP contribution in [0.1, 0.15) is 97.1 Å². The van der Waals surface area contributed by atoms with E-state index in [-0.39, 0.29) is 68.8 Å². The highest BCUT2D eigenvalue weighted by Gasteiger charge is 2.65. The quantitative estimate of drug-likeness (QED) is 0.0295. The Balaban J connectivity index is 1.31. The fourth-order valence-corrected chi connectivity index (χ4v) is 10.6. The van der Waals surface area contributed by atoms with Crippen LogP contribution in [-0.4, -0.2) is 74.8 Å². The third-order valence-corrected chi connectivity index (χ3v) is 13.6. The number of hydrogen-bond donors (Lipinski definition) is 2. The second-order valence-corrected chi connectivity index (χ2v) is 18.1. The van der Waals surface area contributed by atoms with Crippen LogP contribution in [0.5, 0.6) is 11.5 Å². The van der Waals surface area contributed by atoms with Crippen LogP contribution in [0.15, 0.2) is 133 Å². The van der Waals surface area contributed by atoms with Crippen molar-refractivity contribution in [3.63, 3.8) is 0 Å². The zero-order valence-corrected chi connectivity index (χ0v) is 39.0. The fourth-order valence-electron chi connectivity index (χ4n) is 10.6. The molecule has 2 aliphatic carbocycles. The Kier molecular flexibility index (Phi) is 15.6. The molecule has 1 saturated carbocycles. The molecule has 6 unspecified atom stereocenters. The van der Waals surface area contributed by atoms with E-state index in [1.807, 2.05) is 84.6 Å². The van der Waals surface area contributed by atoms with Gasteiger partial charge in [0.1, 0.15) is 30.8 Å². The van der Waals surface area contributed by atoms with Crippen LogP contribution in [0.25, 0.3) is 10.8 Å². The van der Waals surface area contributed by atoms with E-state index in [9.17, 15) is 20.3 Å². The highest BCUT2D eigenvalue weighted by atomic mass is 16.7. The van der Waals surface area contributed by atoms with Crippen LogP contribution in [0.2, 0.25) is 0 Å². The highest BCUT2D eigenvalue weighted by molar-refractivity contribution is 6.04. The van der Waals surface area contributed by atoms with Gasteiger partial charge in [0.05, 0.1) is 28.9 Å². The summed E-state index contributed by atoms with van der Waals surface area (Å²) in [7, 11) is 0. The Morgan fingerprint density at radius 1 is 0.956 bits per heavy atom. The van der Waals surface area contributed by atoms with E-state index in [0.717, 1.165) is 59.0 Å². The van der Waals surface area contributed by atoms with Crippen LogP contribution in [0, 0.1) is 34.8 Å². The number of oxime groups is 1. The summed E-state index contributed by atoms with van der Waals surface area (Å²) in [5.74, 6) is -1.02. The molecule has 0 spiro atoms. The predicted octanol–water partition coefficient (Wildman–Crippen LogP) is 10.4. The third kappa shape index (κ3) is 10.3. The van der Waals surface area contributed by atoms with Crippen LogP contribution >= 0.6 is 0 Å². The van der Waals surface area contributed by atoms with Crippen molar-refractivity contribution >= 4 is 28.1 Å². The number of aliphatic hydroxyl groups is 2. The number of aromatic nitrogens is 1. The summed E-state index contributed by atoms with van der Waals surface area (Å²) < 4.78 is 21.1. The molecule has 1 aromatic heterocycles. The number of fused-ring (bicyclic) bond motifs is 3. The number of pyridine rings is 1. The maximum Gasteiger partial charge on any atom is 0.269 e. The molecule has 0 bridgehead atoms. The summed E-state index contributed by atoms with van der Waals surface area (Å²) in [4.78, 5) is 39.1. The number of amides is 1. The molecule has 5 aromatic rings. The summed E-state index contributed by atoms with van der Waals surface area (Å²) in [6.07, 6.45) is 9.35. The molecule has 6 atom stereocenters. The maximum atomic E-state index is 15.3. The summed E-state index contributed by atoms with van der Waals surface area (Å²) in [5, 5.41) is 38.4. The van der Waals surface area contributed by atoms with Crippen molar-refractivity contribution in [3.8, 4) is 11.5 Å². The van der Waals surface area contributed by atoms with E-state index < -0.39 is 22.7 Å². The number of benzene rings is 4. The maximum absolute atomic E-state index is 15.3. The highest BCUT2D eigenvalue weighted by Crippen LogP contribution is 2.62. The molecule has 4 aromatic carbocycles. The Morgan fingerprint density at radius 3 is 2.47 bits per heavy atom. The molecule has 3 aliphatic rings. The molecule has 13 nitrogen and oxygen atoms in total. The van der Waals surface area contributed by atoms with Gasteiger partial charge in [0, 0.05) is 61.1 Å². The predicted molar refractivity (Wildman–Crippen MR) is 261 cm³/mol. The number of ether oxygens (including phenoxy) is 3. The van der Waals surface area contributed by atoms with Gasteiger partial charge >= 0.3 is 0 Å². The summed E-state index contributed by atoms with van der Waals surface area (Å²) >= 11 is 0. The minimum absolute atomic E-state index is 0.0182. The summed E-state index contributed by atoms with van der Waals surface area (Å²) in [6, 6.07) is 31.1. The molecular formula is C55H62N4O9. The Hall–Kier alpha value is -6.41. The van der Waals surface area contributed by atoms with Crippen LogP contribution in [0.4, 0.5) is 5.69 Å². The number of rotatable bonds is 22. The zero-order valence-electron chi connectivity index (χ0n) is 39.0. The van der Waals surface area contributed by atoms with Crippen molar-refractivity contribution in [2.75, 3.05) is 26.4 Å². The second-order valence-electron chi connectivity index (χ2n) is 18.1. The van der Waals surface area contributed by atoms with Crippen LogP contribution < -0.4 is 9.47 Å². The number of carbonyl (C=O) groups excluding carboxylic acids is 1. The lowest BCUT2D eigenvalue weighted by atomic mass is 9.55. The zero-order chi connectivity index (χ0) is 47.6. The molecule has 1 amide bonds. The third-order valence-electron chi connectivity index (χ3n) is 13.6. The normalized spacial score (nSPS) is 22.1. The Labute approximate surface area is 398 Å². The molecular weight excluding hydrogens is 861 g/mol. The van der Waals surface area contributed by atoms with E-state index in [1.54, 1.807) is 18.2 Å². The largest absolute Gasteiger partial charge is 0.487 e. The molecule has 8 rings (SSSR count). The van der Waals surface area contributed by atoms with E-state index in [1.165, 1.54) is 12.1 Å². The van der Waals surface area contributed by atoms with Gasteiger partial charge in [-0.25, -0.2) is 0 Å². The minimum atomic E-state index is -1.43. The van der Waals surface area contributed by atoms with Crippen molar-refractivity contribution in [1.29, 1.82) is 0 Å². The van der Waals surface area contributed by atoms with Crippen LogP contribution in [0.3, 0.4) is 0 Å². The van der Waals surface area contributed by atoms with Crippen molar-refractivity contribution in [2.45, 2.75) is 96.2 Å². The van der Waals surface area contributed by atoms with E-state index in [0.29, 0.717) is 54.1 Å². The first-order valence-corrected chi connectivity index (χ1v) is 24.0. The lowest BCUT2D eigenvalue weighted by molar-refractivity contribution is -0.384. The lowest BCUT2D eigenvalue weighted by Gasteiger charge is -2.60. The summed E-state index contributed by atoms with van der Waals surface area (Å²) in [6.45, 7) is 9.08. The van der Waals surface area contributed by atoms with Gasteiger partial charge < -0.3 is 34.2 Å². The Morgan fingerprint density at radius 2 is 1.74 bits per heavy atom. The molecule has 1 aliphatic heterocycles. The standard InChI is InChI=1S/C55H62N4O9/c1-4-27-58(54(62)42-22-21-39-14-6-7-15-40(39)31-42)51-34-49(57-67-35-38-19-23-44(24-20-38)59(63)64)47-32-41(16-8-10-28-60)46(18-9-11-29-61)52-48-33-45(65-36-43-17-12-13-37(3)56-43)25-26-50(48)68-55(51,53(47)52)66-30-5-2/h5-7,12-15,17,19-26,31-33,41,46,51-53,60-61H,2,4,8-11,16,18,27-30,34-36H2,1,3H3. The molecule has 2 N–H and O–H groups in total. The topological polar surface area (TPSA) is 166 Å². The van der Waals surface area contributed by atoms with Crippen molar-refractivity contribution in [1.82, 2.24) is 9.88 Å². The van der Waals surface area contributed by atoms with E-state index >= 15 is 4.79 Å². The monoisotopic (exact) mass is 922 g/mol. The minimum Gasteiger partial charge on any atom is -0.487 e. The average molecular weight is 923 g/mol. The molecule has 0 radical (unpaired) electrons. The SMILES string of the molecule is C=CCOC12Oc3ccc(OCc4cccc(C)n4)cc3C3C(CCCCO)C(CCCCO)C=C(C(=NOCc4ccc([N+](=O)[O-])cc4)CC1N(CCC)C(=O)c1ccc4ccccc4c1)C32.